The fourth-order valence-corrected chi connectivity index (χ4v) is 0.352. The summed E-state index contributed by atoms with van der Waals surface area (Å²) < 4.78 is 4.43. The molecule has 0 aliphatic carbocycles. The van der Waals surface area contributed by atoms with E-state index in [4.69, 9.17) is 15.9 Å². The molecule has 0 saturated heterocycles. The minimum Gasteiger partial charge on any atom is -0.478 e. The predicted octanol–water partition coefficient (Wildman–Crippen LogP) is 2.47. The first-order chi connectivity index (χ1) is 11.8. The number of hydrogen-bond acceptors (Lipinski definition) is 5. The van der Waals surface area contributed by atoms with Crippen LogP contribution in [0.5, 0.6) is 0 Å². The number of esters is 1. The van der Waals surface area contributed by atoms with E-state index in [-0.39, 0.29) is 17.1 Å². The number of carbonyl (C=O) groups is 4. The highest BCUT2D eigenvalue weighted by molar-refractivity contribution is 5.90. The van der Waals surface area contributed by atoms with Crippen molar-refractivity contribution < 1.29 is 34.1 Å². The SMILES string of the molecule is C=C(C)C(=O)O.C=C(C)C(N)=O.C=C(CC)C(=O)O.C=CC(=O)OCC. The highest BCUT2D eigenvalue weighted by atomic mass is 16.5. The first-order valence-electron chi connectivity index (χ1n) is 7.32. The molecule has 8 nitrogen and oxygen atoms in total. The van der Waals surface area contributed by atoms with E-state index >= 15 is 0 Å². The van der Waals surface area contributed by atoms with Crippen molar-refractivity contribution in [3.8, 4) is 0 Å². The van der Waals surface area contributed by atoms with Crippen LogP contribution in [0, 0.1) is 0 Å². The van der Waals surface area contributed by atoms with Crippen molar-refractivity contribution in [3.63, 3.8) is 0 Å². The van der Waals surface area contributed by atoms with Gasteiger partial charge in [-0.1, -0.05) is 33.2 Å². The molecule has 0 aliphatic heterocycles. The maximum absolute atomic E-state index is 10.1. The first-order valence-corrected chi connectivity index (χ1v) is 7.32. The zero-order valence-corrected chi connectivity index (χ0v) is 15.8. The maximum atomic E-state index is 10.1. The molecular weight excluding hydrogens is 342 g/mol. The third kappa shape index (κ3) is 32.7. The second-order valence-corrected chi connectivity index (χ2v) is 4.45. The Balaban J connectivity index is -0.000000124. The number of carboxylic acids is 2. The van der Waals surface area contributed by atoms with Gasteiger partial charge in [-0.15, -0.1) is 0 Å². The smallest absolute Gasteiger partial charge is 0.330 e. The Morgan fingerprint density at radius 2 is 1.31 bits per heavy atom. The van der Waals surface area contributed by atoms with Gasteiger partial charge in [0.1, 0.15) is 0 Å². The molecule has 1 amide bonds. The van der Waals surface area contributed by atoms with Crippen LogP contribution in [0.2, 0.25) is 0 Å². The number of aliphatic carboxylic acids is 2. The Bertz CT molecular complexity index is 484. The van der Waals surface area contributed by atoms with E-state index in [0.717, 1.165) is 6.08 Å². The minimum atomic E-state index is -0.935. The summed E-state index contributed by atoms with van der Waals surface area (Å²) in [5.74, 6) is -2.63. The Labute approximate surface area is 154 Å². The number of ether oxygens (including phenoxy) is 1. The summed E-state index contributed by atoms with van der Waals surface area (Å²) >= 11 is 0. The van der Waals surface area contributed by atoms with E-state index in [1.165, 1.54) is 6.92 Å². The average Bonchev–Trinajstić information content (AvgIpc) is 2.55. The van der Waals surface area contributed by atoms with Crippen LogP contribution >= 0.6 is 0 Å². The lowest BCUT2D eigenvalue weighted by Gasteiger charge is -1.90. The molecule has 0 spiro atoms. The first kappa shape index (κ1) is 30.7. The standard InChI is InChI=1S/2C5H8O2.C4H7NO.C4H6O2/c1-3-5(6)7-4-2;1-3-4(2)5(6)7;2*1-3(2)4(5)6/h3H,1,4H2,2H3;2-3H2,1H3,(H,6,7);1H2,2H3,(H2,5,6);1H2,2H3,(H,5,6). The summed E-state index contributed by atoms with van der Waals surface area (Å²) in [5.41, 5.74) is 5.53. The number of primary amides is 1. The van der Waals surface area contributed by atoms with Crippen LogP contribution < -0.4 is 5.73 Å². The highest BCUT2D eigenvalue weighted by Crippen LogP contribution is 1.93. The molecule has 0 atom stereocenters. The van der Waals surface area contributed by atoms with Crippen molar-refractivity contribution in [1.82, 2.24) is 0 Å². The summed E-state index contributed by atoms with van der Waals surface area (Å²) in [6, 6.07) is 0. The van der Waals surface area contributed by atoms with Crippen LogP contribution in [0.1, 0.15) is 34.1 Å². The summed E-state index contributed by atoms with van der Waals surface area (Å²) in [7, 11) is 0. The molecule has 0 heterocycles. The van der Waals surface area contributed by atoms with Crippen molar-refractivity contribution >= 4 is 23.8 Å². The number of hydrogen-bond donors (Lipinski definition) is 3. The molecule has 0 saturated carbocycles. The molecule has 0 unspecified atom stereocenters. The van der Waals surface area contributed by atoms with Gasteiger partial charge in [-0.2, -0.15) is 0 Å². The molecule has 26 heavy (non-hydrogen) atoms. The second kappa shape index (κ2) is 19.9. The summed E-state index contributed by atoms with van der Waals surface area (Å²) in [4.78, 5) is 39.3. The van der Waals surface area contributed by atoms with Crippen LogP contribution in [-0.4, -0.2) is 40.6 Å². The lowest BCUT2D eigenvalue weighted by Crippen LogP contribution is -2.10. The zero-order valence-electron chi connectivity index (χ0n) is 15.8. The third-order valence-electron chi connectivity index (χ3n) is 1.97. The van der Waals surface area contributed by atoms with E-state index in [2.05, 4.69) is 31.1 Å². The van der Waals surface area contributed by atoms with Crippen LogP contribution in [0.4, 0.5) is 0 Å². The largest absolute Gasteiger partial charge is 0.478 e. The van der Waals surface area contributed by atoms with Gasteiger partial charge < -0.3 is 20.7 Å². The van der Waals surface area contributed by atoms with Gasteiger partial charge >= 0.3 is 17.9 Å². The quantitative estimate of drug-likeness (QED) is 0.480. The normalized spacial score (nSPS) is 7.69. The Morgan fingerprint density at radius 3 is 1.35 bits per heavy atom. The molecule has 8 heteroatoms. The van der Waals surface area contributed by atoms with E-state index < -0.39 is 17.8 Å². The molecule has 0 aromatic carbocycles. The highest BCUT2D eigenvalue weighted by Gasteiger charge is 1.96. The van der Waals surface area contributed by atoms with E-state index in [1.807, 2.05) is 0 Å². The van der Waals surface area contributed by atoms with Crippen LogP contribution in [0.25, 0.3) is 0 Å². The zero-order chi connectivity index (χ0) is 21.9. The number of nitrogens with two attached hydrogens (primary N) is 1. The fraction of sp³-hybridized carbons (Fsp3) is 0.333. The van der Waals surface area contributed by atoms with E-state index in [0.29, 0.717) is 18.6 Å². The summed E-state index contributed by atoms with van der Waals surface area (Å²) in [5, 5.41) is 16.0. The van der Waals surface area contributed by atoms with Gasteiger partial charge in [-0.3, -0.25) is 4.79 Å². The number of amides is 1. The summed E-state index contributed by atoms with van der Waals surface area (Å²) in [6.07, 6.45) is 1.67. The topological polar surface area (TPSA) is 144 Å². The Hall–Kier alpha value is -3.16. The van der Waals surface area contributed by atoms with Crippen molar-refractivity contribution in [1.29, 1.82) is 0 Å². The van der Waals surface area contributed by atoms with E-state index in [9.17, 15) is 19.2 Å². The van der Waals surface area contributed by atoms with E-state index in [1.54, 1.807) is 20.8 Å². The number of rotatable bonds is 6. The summed E-state index contributed by atoms with van der Waals surface area (Å²) in [6.45, 7) is 19.9. The fourth-order valence-electron chi connectivity index (χ4n) is 0.352. The minimum absolute atomic E-state index is 0.176. The Kier molecular flexibility index (Phi) is 23.5. The van der Waals surface area contributed by atoms with Gasteiger partial charge in [0.05, 0.1) is 6.61 Å². The van der Waals surface area contributed by atoms with Gasteiger partial charge in [0.2, 0.25) is 5.91 Å². The number of carbonyl (C=O) groups excluding carboxylic acids is 2. The van der Waals surface area contributed by atoms with Crippen LogP contribution in [0.15, 0.2) is 49.1 Å². The average molecular weight is 371 g/mol. The molecular formula is C18H29NO7. The van der Waals surface area contributed by atoms with Gasteiger partial charge in [-0.05, 0) is 27.2 Å². The lowest BCUT2D eigenvalue weighted by molar-refractivity contribution is -0.137. The van der Waals surface area contributed by atoms with Crippen molar-refractivity contribution in [3.05, 3.63) is 49.1 Å². The molecule has 0 fully saturated rings. The molecule has 0 rings (SSSR count). The molecule has 0 aromatic rings. The van der Waals surface area contributed by atoms with Gasteiger partial charge in [0.25, 0.3) is 0 Å². The van der Waals surface area contributed by atoms with Gasteiger partial charge in [-0.25, -0.2) is 14.4 Å². The maximum Gasteiger partial charge on any atom is 0.330 e. The molecule has 0 aromatic heterocycles. The molecule has 0 radical (unpaired) electrons. The Morgan fingerprint density at radius 1 is 0.962 bits per heavy atom. The van der Waals surface area contributed by atoms with Crippen LogP contribution in [0.3, 0.4) is 0 Å². The van der Waals surface area contributed by atoms with Gasteiger partial charge in [0.15, 0.2) is 0 Å². The number of carboxylic acid groups (broad SMARTS) is 2. The lowest BCUT2D eigenvalue weighted by atomic mass is 10.2. The van der Waals surface area contributed by atoms with Crippen molar-refractivity contribution in [2.45, 2.75) is 34.1 Å². The molecule has 0 aliphatic rings. The third-order valence-corrected chi connectivity index (χ3v) is 1.97. The van der Waals surface area contributed by atoms with Crippen molar-refractivity contribution in [2.75, 3.05) is 6.61 Å². The van der Waals surface area contributed by atoms with Crippen molar-refractivity contribution in [2.24, 2.45) is 5.73 Å². The molecule has 4 N–H and O–H groups in total. The van der Waals surface area contributed by atoms with Gasteiger partial charge in [0, 0.05) is 22.8 Å². The van der Waals surface area contributed by atoms with Crippen LogP contribution in [-0.2, 0) is 23.9 Å². The second-order valence-electron chi connectivity index (χ2n) is 4.45. The predicted molar refractivity (Wildman–Crippen MR) is 100 cm³/mol. The molecule has 0 bridgehead atoms. The molecule has 148 valence electrons. The monoisotopic (exact) mass is 371 g/mol.